The Labute approximate surface area is 344 Å². The summed E-state index contributed by atoms with van der Waals surface area (Å²) in [5, 5.41) is 26.2. The van der Waals surface area contributed by atoms with E-state index in [-0.39, 0.29) is 47.7 Å². The minimum atomic E-state index is -0.970. The lowest BCUT2D eigenvalue weighted by Crippen LogP contribution is -2.62. The summed E-state index contributed by atoms with van der Waals surface area (Å²) in [6.45, 7) is 9.42. The Morgan fingerprint density at radius 3 is 2.40 bits per heavy atom. The molecule has 1 unspecified atom stereocenters. The molecule has 2 heterocycles. The van der Waals surface area contributed by atoms with Crippen molar-refractivity contribution < 1.29 is 29.4 Å². The Morgan fingerprint density at radius 1 is 1.03 bits per heavy atom. The van der Waals surface area contributed by atoms with Gasteiger partial charge in [-0.1, -0.05) is 69.3 Å². The van der Waals surface area contributed by atoms with Crippen LogP contribution < -0.4 is 15.0 Å². The Bertz CT molecular complexity index is 2000. The van der Waals surface area contributed by atoms with Crippen LogP contribution >= 0.6 is 0 Å². The topological polar surface area (TPSA) is 118 Å². The number of anilines is 1. The van der Waals surface area contributed by atoms with E-state index < -0.39 is 18.1 Å². The third kappa shape index (κ3) is 7.69. The van der Waals surface area contributed by atoms with Gasteiger partial charge in [0, 0.05) is 55.1 Å². The van der Waals surface area contributed by atoms with Gasteiger partial charge in [0.25, 0.3) is 5.91 Å². The van der Waals surface area contributed by atoms with Crippen LogP contribution in [0.5, 0.6) is 5.75 Å². The zero-order valence-electron chi connectivity index (χ0n) is 35.7. The molecule has 3 N–H and O–H groups in total. The summed E-state index contributed by atoms with van der Waals surface area (Å²) in [6.07, 6.45) is 3.80. The molecular formula is C47H63N5O6. The minimum absolute atomic E-state index is 0.0155. The van der Waals surface area contributed by atoms with Crippen molar-refractivity contribution in [1.82, 2.24) is 20.2 Å². The highest BCUT2D eigenvalue weighted by molar-refractivity contribution is 5.98. The van der Waals surface area contributed by atoms with Crippen LogP contribution in [-0.4, -0.2) is 103 Å². The number of ether oxygens (including phenoxy) is 1. The number of carbonyl (C=O) groups excluding carboxylic acids is 2. The molecule has 3 saturated carbocycles. The molecule has 58 heavy (non-hydrogen) atoms. The molecule has 312 valence electrons. The predicted octanol–water partition coefficient (Wildman–Crippen LogP) is 7.03. The number of likely N-dealkylation sites (tertiary alicyclic amines) is 1. The van der Waals surface area contributed by atoms with Gasteiger partial charge >= 0.3 is 0 Å². The lowest BCUT2D eigenvalue weighted by atomic mass is 9.45. The van der Waals surface area contributed by atoms with Gasteiger partial charge in [-0.3, -0.25) is 9.59 Å². The molecule has 3 aliphatic carbocycles. The summed E-state index contributed by atoms with van der Waals surface area (Å²) in [7, 11) is 9.66. The minimum Gasteiger partial charge on any atom is -0.512 e. The average molecular weight is 794 g/mol. The Balaban J connectivity index is 1.21. The van der Waals surface area contributed by atoms with Gasteiger partial charge < -0.3 is 39.8 Å². The highest BCUT2D eigenvalue weighted by atomic mass is 16.7. The second-order valence-electron chi connectivity index (χ2n) is 18.3. The summed E-state index contributed by atoms with van der Waals surface area (Å²) in [5.41, 5.74) is 5.22. The molecule has 3 aromatic carbocycles. The van der Waals surface area contributed by atoms with E-state index in [0.29, 0.717) is 29.1 Å². The summed E-state index contributed by atoms with van der Waals surface area (Å²) in [4.78, 5) is 41.6. The summed E-state index contributed by atoms with van der Waals surface area (Å²) in [6, 6.07) is 21.3. The van der Waals surface area contributed by atoms with Gasteiger partial charge in [0.05, 0.1) is 31.7 Å². The first-order valence-corrected chi connectivity index (χ1v) is 20.9. The first-order chi connectivity index (χ1) is 27.6. The zero-order chi connectivity index (χ0) is 41.6. The molecule has 11 heteroatoms. The average Bonchev–Trinajstić information content (AvgIpc) is 3.79. The monoisotopic (exact) mass is 793 g/mol. The number of rotatable bonds is 12. The molecule has 0 spiro atoms. The number of hydrogen-bond donors (Lipinski definition) is 3. The van der Waals surface area contributed by atoms with Crippen LogP contribution in [0.3, 0.4) is 0 Å². The van der Waals surface area contributed by atoms with E-state index in [1.54, 1.807) is 19.1 Å². The largest absolute Gasteiger partial charge is 0.512 e. The van der Waals surface area contributed by atoms with Crippen molar-refractivity contribution in [2.24, 2.45) is 29.1 Å². The lowest BCUT2D eigenvalue weighted by Gasteiger charge is -2.62. The maximum atomic E-state index is 14.8. The number of fused-ring (bicyclic) bond motifs is 2. The number of nitrogens with zero attached hydrogens (tertiary/aromatic N) is 4. The predicted molar refractivity (Wildman–Crippen MR) is 227 cm³/mol. The highest BCUT2D eigenvalue weighted by Gasteiger charge is 2.57. The van der Waals surface area contributed by atoms with Gasteiger partial charge in [-0.15, -0.1) is 5.06 Å². The van der Waals surface area contributed by atoms with Crippen molar-refractivity contribution >= 4 is 17.5 Å². The van der Waals surface area contributed by atoms with Crippen LogP contribution in [0.25, 0.3) is 11.1 Å². The number of amides is 2. The van der Waals surface area contributed by atoms with Crippen LogP contribution in [0.2, 0.25) is 0 Å². The number of nitrogens with one attached hydrogen (secondary N) is 1. The summed E-state index contributed by atoms with van der Waals surface area (Å²) < 4.78 is 6.16. The van der Waals surface area contributed by atoms with E-state index in [9.17, 15) is 19.8 Å². The number of hydroxylamine groups is 2. The lowest BCUT2D eigenvalue weighted by molar-refractivity contribution is -0.155. The van der Waals surface area contributed by atoms with Crippen LogP contribution in [-0.2, 0) is 16.2 Å². The van der Waals surface area contributed by atoms with E-state index in [1.165, 1.54) is 6.42 Å². The molecular weight excluding hydrogens is 731 g/mol. The quantitative estimate of drug-likeness (QED) is 0.166. The van der Waals surface area contributed by atoms with Crippen LogP contribution in [0, 0.1) is 29.1 Å². The number of methoxy groups -OCH3 is 1. The second kappa shape index (κ2) is 16.6. The van der Waals surface area contributed by atoms with Crippen LogP contribution in [0.4, 0.5) is 5.69 Å². The van der Waals surface area contributed by atoms with E-state index in [1.807, 2.05) is 67.5 Å². The fourth-order valence-corrected chi connectivity index (χ4v) is 10.7. The number of benzene rings is 3. The third-order valence-corrected chi connectivity index (χ3v) is 13.9. The van der Waals surface area contributed by atoms with E-state index in [2.05, 4.69) is 68.2 Å². The first-order valence-electron chi connectivity index (χ1n) is 20.9. The van der Waals surface area contributed by atoms with Gasteiger partial charge in [0.1, 0.15) is 18.1 Å². The Hall–Kier alpha value is -4.58. The Kier molecular flexibility index (Phi) is 11.9. The summed E-state index contributed by atoms with van der Waals surface area (Å²) >= 11 is 0. The van der Waals surface area contributed by atoms with Crippen molar-refractivity contribution in [2.75, 3.05) is 46.7 Å². The number of carbonyl (C=O) groups is 2. The third-order valence-electron chi connectivity index (χ3n) is 13.9. The van der Waals surface area contributed by atoms with Crippen molar-refractivity contribution in [3.63, 3.8) is 0 Å². The van der Waals surface area contributed by atoms with Crippen molar-refractivity contribution in [2.45, 2.75) is 90.2 Å². The van der Waals surface area contributed by atoms with E-state index >= 15 is 0 Å². The fraction of sp³-hybridized carbons (Fsp3) is 0.532. The molecule has 2 amide bonds. The molecule has 2 aliphatic heterocycles. The molecule has 3 aromatic rings. The van der Waals surface area contributed by atoms with Crippen molar-refractivity contribution in [3.05, 3.63) is 95.4 Å². The van der Waals surface area contributed by atoms with Gasteiger partial charge in [-0.2, -0.15) is 0 Å². The van der Waals surface area contributed by atoms with E-state index in [0.717, 1.165) is 60.0 Å². The molecule has 5 fully saturated rings. The van der Waals surface area contributed by atoms with Crippen molar-refractivity contribution in [3.8, 4) is 16.9 Å². The van der Waals surface area contributed by atoms with Crippen LogP contribution in [0.15, 0.2) is 78.8 Å². The highest BCUT2D eigenvalue weighted by Crippen LogP contribution is 2.61. The molecule has 0 radical (unpaired) electrons. The number of para-hydroxylation sites is 1. The van der Waals surface area contributed by atoms with Gasteiger partial charge in [0.15, 0.2) is 5.76 Å². The molecule has 2 saturated heterocycles. The molecule has 8 rings (SSSR count). The van der Waals surface area contributed by atoms with Crippen LogP contribution in [0.1, 0.15) is 80.9 Å². The SMILES string of the molecule is COc1c(CN2O/C(=C\O)[C@@H]([C@H](C)O)[C@H]2C(=O)N[C@H]2C[C@H]3C[C@@H]([C@@H]2C)C3(C)C)cccc1-c1cc(C(=O)N2C(c3ccccc3)CC[C@H]2CN(C)C)cc(N(C)C)c1. The number of hydrogen-bond acceptors (Lipinski definition) is 9. The smallest absolute Gasteiger partial charge is 0.254 e. The van der Waals surface area contributed by atoms with Crippen molar-refractivity contribution in [1.29, 1.82) is 0 Å². The first kappa shape index (κ1) is 41.6. The molecule has 5 aliphatic rings. The molecule has 11 nitrogen and oxygen atoms in total. The number of aliphatic hydroxyl groups excluding tert-OH is 2. The zero-order valence-corrected chi connectivity index (χ0v) is 35.7. The number of aliphatic hydroxyl groups is 2. The summed E-state index contributed by atoms with van der Waals surface area (Å²) in [5.74, 6) is 1.10. The molecule has 0 aromatic heterocycles. The van der Waals surface area contributed by atoms with Gasteiger partial charge in [0.2, 0.25) is 5.91 Å². The fourth-order valence-electron chi connectivity index (χ4n) is 10.7. The number of likely N-dealkylation sites (N-methyl/N-ethyl adjacent to an activating group) is 1. The molecule has 9 atom stereocenters. The molecule has 2 bridgehead atoms. The van der Waals surface area contributed by atoms with Gasteiger partial charge in [-0.05, 0) is 99.2 Å². The normalized spacial score (nSPS) is 28.9. The Morgan fingerprint density at radius 2 is 1.78 bits per heavy atom. The van der Waals surface area contributed by atoms with E-state index in [4.69, 9.17) is 9.57 Å². The standard InChI is InChI=1S/C47H63N5O6/c1-28-38-23-34(47(38,3)4)24-39(28)48-45(55)43-42(29(2)54)41(27-53)58-51(43)25-31-16-13-17-37(44(31)57-9)32-20-33(22-36(21-32)50(7)8)46(56)52-35(26-49(5)6)18-19-40(52)30-14-11-10-12-15-30/h10-17,20-22,27-29,34-35,38-40,42-43,53-54H,18-19,23-26H2,1-9H3,(H,48,55)/b41-27-/t28-,29-,34+,35-,38-,39-,40?,42+,43-/m0/s1. The maximum Gasteiger partial charge on any atom is 0.254 e. The maximum absolute atomic E-state index is 14.8. The second-order valence-corrected chi connectivity index (χ2v) is 18.3. The van der Waals surface area contributed by atoms with Gasteiger partial charge in [-0.25, -0.2) is 0 Å².